The van der Waals surface area contributed by atoms with Gasteiger partial charge >= 0.3 is 0 Å². The molecule has 9 aromatic rings. The minimum absolute atomic E-state index is 0.302. The average Bonchev–Trinajstić information content (AvgIpc) is 3.99. The third-order valence-electron chi connectivity index (χ3n) is 13.2. The Balaban J connectivity index is 0.928. The zero-order valence-electron chi connectivity index (χ0n) is 31.0. The van der Waals surface area contributed by atoms with Gasteiger partial charge in [-0.15, -0.1) is 0 Å². The maximum absolute atomic E-state index is 4.77. The van der Waals surface area contributed by atoms with Crippen LogP contribution < -0.4 is 5.32 Å². The molecule has 0 saturated heterocycles. The summed E-state index contributed by atoms with van der Waals surface area (Å²) in [6.07, 6.45) is 20.2. The first-order chi connectivity index (χ1) is 28.3. The molecule has 5 nitrogen and oxygen atoms in total. The van der Waals surface area contributed by atoms with Crippen molar-refractivity contribution in [2.45, 2.75) is 24.3 Å². The van der Waals surface area contributed by atoms with Crippen LogP contribution in [-0.4, -0.2) is 19.1 Å². The highest BCUT2D eigenvalue weighted by molar-refractivity contribution is 6.18. The molecule has 4 aliphatic rings. The number of hydrogen-bond acceptors (Lipinski definition) is 3. The van der Waals surface area contributed by atoms with E-state index in [-0.39, 0.29) is 0 Å². The molecule has 3 aliphatic carbocycles. The Labute approximate surface area is 329 Å². The predicted octanol–water partition coefficient (Wildman–Crippen LogP) is 11.5. The standard InChI is InChI=1S/C52H35N5/c1-4-10-42-36(7-1)37-8-2-5-11-43(37)52(42)44-21-22-47-51(50(44)40-25-28-53-29-45(40)52)41-9-3-6-12-46(41)56(47)34-17-13-32(14-18-34)33-15-19-35(20-16-33)57-48-30-54-26-23-38(48)39-24-27-55-31-49(39)57/h1-15,17-30,33,55H,16,31H2. The second kappa shape index (κ2) is 11.4. The molecule has 13 rings (SSSR count). The van der Waals surface area contributed by atoms with Crippen LogP contribution in [0.4, 0.5) is 0 Å². The van der Waals surface area contributed by atoms with Crippen LogP contribution in [0.15, 0.2) is 171 Å². The van der Waals surface area contributed by atoms with Crippen molar-refractivity contribution in [3.63, 3.8) is 0 Å². The number of fused-ring (bicyclic) bond motifs is 17. The number of pyridine rings is 2. The van der Waals surface area contributed by atoms with E-state index < -0.39 is 5.41 Å². The largest absolute Gasteiger partial charge is 0.385 e. The highest BCUT2D eigenvalue weighted by Crippen LogP contribution is 2.64. The van der Waals surface area contributed by atoms with E-state index in [2.05, 4.69) is 171 Å². The van der Waals surface area contributed by atoms with Gasteiger partial charge in [0.05, 0.1) is 40.4 Å². The first-order valence-electron chi connectivity index (χ1n) is 19.9. The predicted molar refractivity (Wildman–Crippen MR) is 231 cm³/mol. The molecule has 57 heavy (non-hydrogen) atoms. The normalized spacial score (nSPS) is 16.7. The Morgan fingerprint density at radius 2 is 1.37 bits per heavy atom. The average molecular weight is 730 g/mol. The lowest BCUT2D eigenvalue weighted by molar-refractivity contribution is 0.789. The van der Waals surface area contributed by atoms with Gasteiger partial charge in [-0.3, -0.25) is 9.97 Å². The quantitative estimate of drug-likeness (QED) is 0.197. The molecule has 1 aliphatic heterocycles. The Bertz CT molecular complexity index is 3230. The summed E-state index contributed by atoms with van der Waals surface area (Å²) in [5, 5.41) is 7.22. The minimum atomic E-state index is -0.425. The van der Waals surface area contributed by atoms with Crippen molar-refractivity contribution in [3.8, 4) is 27.9 Å². The van der Waals surface area contributed by atoms with Gasteiger partial charge < -0.3 is 14.5 Å². The molecule has 4 aromatic heterocycles. The molecule has 0 bridgehead atoms. The highest BCUT2D eigenvalue weighted by atomic mass is 15.0. The summed E-state index contributed by atoms with van der Waals surface area (Å²) in [5.74, 6) is 0.302. The van der Waals surface area contributed by atoms with Crippen molar-refractivity contribution >= 4 is 44.5 Å². The molecule has 0 amide bonds. The Hall–Kier alpha value is -7.24. The Morgan fingerprint density at radius 1 is 0.596 bits per heavy atom. The van der Waals surface area contributed by atoms with Crippen LogP contribution in [0, 0.1) is 0 Å². The molecule has 0 saturated carbocycles. The van der Waals surface area contributed by atoms with Gasteiger partial charge in [-0.05, 0) is 111 Å². The fourth-order valence-electron chi connectivity index (χ4n) is 10.9. The van der Waals surface area contributed by atoms with Crippen LogP contribution in [0.5, 0.6) is 0 Å². The van der Waals surface area contributed by atoms with Crippen LogP contribution in [0.2, 0.25) is 0 Å². The summed E-state index contributed by atoms with van der Waals surface area (Å²) in [4.78, 5) is 9.25. The maximum atomic E-state index is 4.77. The summed E-state index contributed by atoms with van der Waals surface area (Å²) in [6, 6.07) is 45.3. The first-order valence-corrected chi connectivity index (χ1v) is 19.9. The molecule has 268 valence electrons. The molecule has 1 unspecified atom stereocenters. The molecule has 0 fully saturated rings. The van der Waals surface area contributed by atoms with Crippen LogP contribution in [-0.2, 0) is 12.0 Å². The Kier molecular flexibility index (Phi) is 6.21. The SMILES string of the molecule is C1=Cc2c(n(C3=CCC(c4ccc(-n5c6ccccc6c6c7c(ccc65)C5(c6ccccc6-c6ccccc65)c5cnccc5-7)cc4)C=C3)c3cnccc23)CN1. The van der Waals surface area contributed by atoms with Gasteiger partial charge in [0, 0.05) is 57.6 Å². The second-order valence-corrected chi connectivity index (χ2v) is 15.7. The van der Waals surface area contributed by atoms with E-state index in [4.69, 9.17) is 4.98 Å². The van der Waals surface area contributed by atoms with E-state index in [0.717, 1.165) is 18.5 Å². The lowest BCUT2D eigenvalue weighted by Crippen LogP contribution is -2.25. The lowest BCUT2D eigenvalue weighted by Gasteiger charge is -2.30. The number of rotatable bonds is 3. The van der Waals surface area contributed by atoms with Crippen LogP contribution >= 0.6 is 0 Å². The van der Waals surface area contributed by atoms with E-state index in [9.17, 15) is 0 Å². The summed E-state index contributed by atoms with van der Waals surface area (Å²) in [6.45, 7) is 0.800. The third kappa shape index (κ3) is 3.98. The fourth-order valence-corrected chi connectivity index (χ4v) is 10.9. The maximum Gasteiger partial charge on any atom is 0.0740 e. The van der Waals surface area contributed by atoms with Gasteiger partial charge in [-0.25, -0.2) is 0 Å². The molecule has 1 spiro atoms. The van der Waals surface area contributed by atoms with Gasteiger partial charge in [0.2, 0.25) is 0 Å². The topological polar surface area (TPSA) is 47.7 Å². The number of aromatic nitrogens is 4. The van der Waals surface area contributed by atoms with E-state index in [0.29, 0.717) is 5.92 Å². The molecular formula is C52H35N5. The number of nitrogens with one attached hydrogen (secondary N) is 1. The fraction of sp³-hybridized carbons (Fsp3) is 0.0769. The molecular weight excluding hydrogens is 695 g/mol. The summed E-state index contributed by atoms with van der Waals surface area (Å²) < 4.78 is 4.84. The number of para-hydroxylation sites is 1. The van der Waals surface area contributed by atoms with E-state index in [1.165, 1.54) is 99.9 Å². The van der Waals surface area contributed by atoms with Gasteiger partial charge in [0.25, 0.3) is 0 Å². The highest BCUT2D eigenvalue weighted by Gasteiger charge is 2.52. The molecule has 1 N–H and O–H groups in total. The van der Waals surface area contributed by atoms with E-state index in [1.54, 1.807) is 0 Å². The van der Waals surface area contributed by atoms with Crippen LogP contribution in [0.25, 0.3) is 72.4 Å². The van der Waals surface area contributed by atoms with Gasteiger partial charge in [-0.1, -0.05) is 97.1 Å². The first kappa shape index (κ1) is 31.0. The number of nitrogens with zero attached hydrogens (tertiary/aromatic N) is 4. The number of allylic oxidation sites excluding steroid dienone is 4. The van der Waals surface area contributed by atoms with Gasteiger partial charge in [-0.2, -0.15) is 0 Å². The lowest BCUT2D eigenvalue weighted by atomic mass is 9.71. The number of hydrogen-bond donors (Lipinski definition) is 1. The number of benzene rings is 5. The zero-order valence-corrected chi connectivity index (χ0v) is 31.0. The smallest absolute Gasteiger partial charge is 0.0740 e. The van der Waals surface area contributed by atoms with Crippen molar-refractivity contribution in [2.24, 2.45) is 0 Å². The third-order valence-corrected chi connectivity index (χ3v) is 13.2. The van der Waals surface area contributed by atoms with E-state index in [1.807, 2.05) is 24.8 Å². The van der Waals surface area contributed by atoms with Gasteiger partial charge in [0.15, 0.2) is 0 Å². The van der Waals surface area contributed by atoms with Crippen molar-refractivity contribution in [1.29, 1.82) is 0 Å². The minimum Gasteiger partial charge on any atom is -0.385 e. The van der Waals surface area contributed by atoms with Crippen molar-refractivity contribution in [3.05, 3.63) is 210 Å². The zero-order chi connectivity index (χ0) is 37.2. The molecule has 0 radical (unpaired) electrons. The molecule has 1 atom stereocenters. The molecule has 5 aromatic carbocycles. The Morgan fingerprint density at radius 3 is 2.19 bits per heavy atom. The molecule has 5 heterocycles. The van der Waals surface area contributed by atoms with Crippen LogP contribution in [0.3, 0.4) is 0 Å². The summed E-state index contributed by atoms with van der Waals surface area (Å²) in [7, 11) is 0. The summed E-state index contributed by atoms with van der Waals surface area (Å²) in [5.41, 5.74) is 19.9. The van der Waals surface area contributed by atoms with E-state index >= 15 is 0 Å². The van der Waals surface area contributed by atoms with Crippen molar-refractivity contribution in [1.82, 2.24) is 24.4 Å². The van der Waals surface area contributed by atoms with Crippen molar-refractivity contribution in [2.75, 3.05) is 0 Å². The van der Waals surface area contributed by atoms with Gasteiger partial charge in [0.1, 0.15) is 0 Å². The van der Waals surface area contributed by atoms with Crippen LogP contribution in [0.1, 0.15) is 51.4 Å². The monoisotopic (exact) mass is 729 g/mol. The summed E-state index contributed by atoms with van der Waals surface area (Å²) >= 11 is 0. The van der Waals surface area contributed by atoms with Crippen molar-refractivity contribution < 1.29 is 0 Å². The molecule has 5 heteroatoms. The second-order valence-electron chi connectivity index (χ2n) is 15.7.